The standard InChI is InChI=1S/C71H85F2N13O7S/c1-8-53-56(72)18-15-48-32-52(87)33-54(58(48)53)60-59(73)61-55(35-74-60)64(84-37-49-16-17-50(38-84)77-49)80-68(78-61)93-40-71-22-19-51(86(71)36-42(2)34-71)39-92-69(91)83-30-28-82(29-31-83)27-26-81-24-20-47(21-25-81)65(88)79-63(70(5,6)7)67(90)85-23-9-10-57(85)66(89)76-43(3)45-11-13-46(14-12-45)62-44(4)75-41-94-62/h1,11-15,18,32-33,35,41,43,47,49-51,57,63,77,87H,2,9-10,16-17,19-31,34,36-40H2,3-7H3,(H,76,89)(H,79,88)/t43-,49?,50?,51-,57-,63+,71?/m0/s1. The Kier molecular flexibility index (Phi) is 18.4. The molecule has 13 rings (SSSR count). The molecule has 3 aromatic heterocycles. The second-order valence-corrected chi connectivity index (χ2v) is 29.0. The number of hydrogen-bond acceptors (Lipinski definition) is 17. The first-order valence-electron chi connectivity index (χ1n) is 33.3. The number of aryl methyl sites for hydroxylation is 1. The number of rotatable bonds is 17. The van der Waals surface area contributed by atoms with E-state index < -0.39 is 34.7 Å². The van der Waals surface area contributed by atoms with Crippen molar-refractivity contribution in [3.05, 3.63) is 101 Å². The molecule has 7 aliphatic rings. The average molecular weight is 1300 g/mol. The lowest BCUT2D eigenvalue weighted by atomic mass is 9.84. The first kappa shape index (κ1) is 64.8. The molecule has 7 saturated heterocycles. The molecule has 2 bridgehead atoms. The van der Waals surface area contributed by atoms with Gasteiger partial charge in [-0.15, -0.1) is 17.8 Å². The number of ether oxygens (including phenoxy) is 2. The number of carbonyl (C=O) groups is 4. The Hall–Kier alpha value is -7.88. The maximum absolute atomic E-state index is 17.4. The number of thiazole rings is 1. The summed E-state index contributed by atoms with van der Waals surface area (Å²) in [6.07, 6.45) is 13.8. The molecule has 0 radical (unpaired) electrons. The molecule has 4 amide bonds. The fourth-order valence-electron chi connectivity index (χ4n) is 15.6. The summed E-state index contributed by atoms with van der Waals surface area (Å²) in [6.45, 7) is 22.6. The molecule has 0 spiro atoms. The molecule has 94 heavy (non-hydrogen) atoms. The van der Waals surface area contributed by atoms with Gasteiger partial charge in [-0.2, -0.15) is 9.97 Å². The van der Waals surface area contributed by atoms with Gasteiger partial charge in [0.25, 0.3) is 0 Å². The van der Waals surface area contributed by atoms with Crippen molar-refractivity contribution in [3.8, 4) is 45.8 Å². The highest BCUT2D eigenvalue weighted by atomic mass is 32.1. The molecule has 3 aromatic carbocycles. The number of phenolic OH excluding ortho intramolecular Hbond substituents is 1. The van der Waals surface area contributed by atoms with E-state index in [2.05, 4.69) is 70.2 Å². The fraction of sp³-hybridized carbons (Fsp3) is 0.521. The molecular weight excluding hydrogens is 1220 g/mol. The Morgan fingerprint density at radius 2 is 1.64 bits per heavy atom. The van der Waals surface area contributed by atoms with Crippen LogP contribution in [0.15, 0.2) is 72.4 Å². The van der Waals surface area contributed by atoms with E-state index >= 15 is 8.78 Å². The van der Waals surface area contributed by atoms with Crippen LogP contribution in [0.2, 0.25) is 0 Å². The summed E-state index contributed by atoms with van der Waals surface area (Å²) in [6, 6.07) is 12.4. The van der Waals surface area contributed by atoms with E-state index in [4.69, 9.17) is 25.9 Å². The van der Waals surface area contributed by atoms with Crippen molar-refractivity contribution >= 4 is 62.6 Å². The number of carbonyl (C=O) groups excluding carboxylic acids is 4. The number of nitrogens with zero attached hydrogens (tertiary/aromatic N) is 10. The monoisotopic (exact) mass is 1300 g/mol. The molecule has 23 heteroatoms. The maximum Gasteiger partial charge on any atom is 0.409 e. The van der Waals surface area contributed by atoms with Crippen LogP contribution in [0.3, 0.4) is 0 Å². The molecule has 7 fully saturated rings. The molecule has 0 saturated carbocycles. The van der Waals surface area contributed by atoms with Gasteiger partial charge in [0.1, 0.15) is 53.9 Å². The van der Waals surface area contributed by atoms with Gasteiger partial charge in [-0.05, 0) is 125 Å². The quantitative estimate of drug-likeness (QED) is 0.0497. The minimum absolute atomic E-state index is 0.00402. The maximum atomic E-state index is 17.4. The van der Waals surface area contributed by atoms with Gasteiger partial charge in [-0.1, -0.05) is 69.2 Å². The van der Waals surface area contributed by atoms with Crippen LogP contribution in [0.1, 0.15) is 108 Å². The van der Waals surface area contributed by atoms with Gasteiger partial charge in [-0.3, -0.25) is 29.2 Å². The van der Waals surface area contributed by atoms with Crippen LogP contribution in [0.5, 0.6) is 11.8 Å². The Balaban J connectivity index is 0.575. The number of nitrogens with one attached hydrogen (secondary N) is 3. The van der Waals surface area contributed by atoms with Gasteiger partial charge in [0.05, 0.1) is 38.6 Å². The fourth-order valence-corrected chi connectivity index (χ4v) is 16.4. The smallest absolute Gasteiger partial charge is 0.409 e. The molecule has 7 atom stereocenters. The highest BCUT2D eigenvalue weighted by Crippen LogP contribution is 2.46. The van der Waals surface area contributed by atoms with Gasteiger partial charge in [0.2, 0.25) is 17.7 Å². The van der Waals surface area contributed by atoms with Gasteiger partial charge in [0.15, 0.2) is 5.82 Å². The largest absolute Gasteiger partial charge is 0.508 e. The zero-order chi connectivity index (χ0) is 65.7. The molecule has 7 aliphatic heterocycles. The average Bonchev–Trinajstić information content (AvgIpc) is 0.947. The lowest BCUT2D eigenvalue weighted by molar-refractivity contribution is -0.144. The second-order valence-electron chi connectivity index (χ2n) is 28.1. The number of halogens is 2. The highest BCUT2D eigenvalue weighted by Gasteiger charge is 2.52. The molecule has 3 unspecified atom stereocenters. The van der Waals surface area contributed by atoms with Crippen LogP contribution in [0, 0.1) is 42.2 Å². The molecule has 20 nitrogen and oxygen atoms in total. The summed E-state index contributed by atoms with van der Waals surface area (Å²) in [5, 5.41) is 21.8. The number of piperidine rings is 1. The van der Waals surface area contributed by atoms with E-state index in [0.29, 0.717) is 101 Å². The van der Waals surface area contributed by atoms with E-state index in [1.807, 2.05) is 52.3 Å². The van der Waals surface area contributed by atoms with Crippen molar-refractivity contribution in [2.24, 2.45) is 11.3 Å². The summed E-state index contributed by atoms with van der Waals surface area (Å²) in [4.78, 5) is 88.4. The Morgan fingerprint density at radius 3 is 2.34 bits per heavy atom. The number of hydrogen-bond donors (Lipinski definition) is 4. The van der Waals surface area contributed by atoms with Crippen molar-refractivity contribution in [2.45, 2.75) is 134 Å². The van der Waals surface area contributed by atoms with E-state index in [-0.39, 0.29) is 107 Å². The number of aromatic hydroxyl groups is 1. The molecular formula is C71H85F2N13O7S. The van der Waals surface area contributed by atoms with E-state index in [1.165, 1.54) is 30.5 Å². The van der Waals surface area contributed by atoms with Crippen molar-refractivity contribution in [1.82, 2.24) is 60.4 Å². The lowest BCUT2D eigenvalue weighted by Crippen LogP contribution is -2.58. The summed E-state index contributed by atoms with van der Waals surface area (Å²) in [5.74, 6) is 0.539. The van der Waals surface area contributed by atoms with Crippen LogP contribution in [0.4, 0.5) is 19.4 Å². The number of piperazine rings is 2. The van der Waals surface area contributed by atoms with Crippen LogP contribution < -0.4 is 25.6 Å². The summed E-state index contributed by atoms with van der Waals surface area (Å²) in [5.41, 5.74) is 4.71. The first-order chi connectivity index (χ1) is 45.2. The third-order valence-corrected chi connectivity index (χ3v) is 21.8. The van der Waals surface area contributed by atoms with Crippen LogP contribution in [-0.2, 0) is 19.1 Å². The predicted molar refractivity (Wildman–Crippen MR) is 357 cm³/mol. The number of likely N-dealkylation sites (tertiary alicyclic amines) is 2. The summed E-state index contributed by atoms with van der Waals surface area (Å²) in [7, 11) is 0. The number of fused-ring (bicyclic) bond motifs is 5. The summed E-state index contributed by atoms with van der Waals surface area (Å²) < 4.78 is 45.2. The van der Waals surface area contributed by atoms with Crippen LogP contribution in [0.25, 0.3) is 43.4 Å². The highest BCUT2D eigenvalue weighted by molar-refractivity contribution is 7.13. The number of aromatic nitrogens is 4. The van der Waals surface area contributed by atoms with Crippen LogP contribution >= 0.6 is 11.3 Å². The molecule has 10 heterocycles. The third-order valence-electron chi connectivity index (χ3n) is 20.8. The van der Waals surface area contributed by atoms with Gasteiger partial charge in [-0.25, -0.2) is 18.6 Å². The minimum Gasteiger partial charge on any atom is -0.508 e. The SMILES string of the molecule is C#Cc1c(F)ccc2cc(O)cc(-c3ncc4c(N5CC6CCC(C5)N6)nc(OCC56CC[C@@H](COC(=O)N7CCN(CCN8CCC(C(=O)N[C@H](C(=O)N9CCC[C@H]9C(=O)N[C@@H](C)c9ccc(-c%10scnc%10C)cc9)C(C)(C)C)CC8)CC7)N5CC(=C)C6)nc4c3F)c12. The van der Waals surface area contributed by atoms with Crippen molar-refractivity contribution < 1.29 is 42.5 Å². The topological polar surface area (TPSA) is 214 Å². The predicted octanol–water partition coefficient (Wildman–Crippen LogP) is 8.59. The summed E-state index contributed by atoms with van der Waals surface area (Å²) >= 11 is 1.60. The van der Waals surface area contributed by atoms with Crippen molar-refractivity contribution in [1.29, 1.82) is 0 Å². The number of pyridine rings is 1. The number of anilines is 1. The molecule has 4 N–H and O–H groups in total. The zero-order valence-electron chi connectivity index (χ0n) is 54.4. The van der Waals surface area contributed by atoms with E-state index in [9.17, 15) is 24.3 Å². The Labute approximate surface area is 551 Å². The van der Waals surface area contributed by atoms with Crippen LogP contribution in [-0.4, -0.2) is 201 Å². The van der Waals surface area contributed by atoms with Crippen molar-refractivity contribution in [2.75, 3.05) is 96.7 Å². The number of amides is 4. The Bertz CT molecular complexity index is 3920. The number of benzene rings is 3. The minimum atomic E-state index is -0.791. The Morgan fingerprint density at radius 1 is 0.904 bits per heavy atom. The normalized spacial score (nSPS) is 23.6. The first-order valence-corrected chi connectivity index (χ1v) is 34.2. The lowest BCUT2D eigenvalue weighted by Gasteiger charge is -2.38. The third kappa shape index (κ3) is 13.2. The zero-order valence-corrected chi connectivity index (χ0v) is 55.2. The van der Waals surface area contributed by atoms with Gasteiger partial charge < -0.3 is 50.1 Å². The number of terminal acetylenes is 1. The van der Waals surface area contributed by atoms with Gasteiger partial charge >= 0.3 is 12.1 Å². The van der Waals surface area contributed by atoms with E-state index in [1.54, 1.807) is 21.1 Å². The van der Waals surface area contributed by atoms with Gasteiger partial charge in [0, 0.05) is 107 Å². The molecule has 0 aliphatic carbocycles. The van der Waals surface area contributed by atoms with Crippen molar-refractivity contribution in [3.63, 3.8) is 0 Å². The second kappa shape index (κ2) is 26.7. The van der Waals surface area contributed by atoms with E-state index in [0.717, 1.165) is 79.1 Å². The number of phenols is 1. The molecule has 496 valence electrons. The molecule has 6 aromatic rings.